The lowest BCUT2D eigenvalue weighted by Crippen LogP contribution is -2.15. The summed E-state index contributed by atoms with van der Waals surface area (Å²) in [5.41, 5.74) is 1.06. The van der Waals surface area contributed by atoms with E-state index < -0.39 is 0 Å². The van der Waals surface area contributed by atoms with Crippen molar-refractivity contribution in [2.75, 3.05) is 5.75 Å². The zero-order chi connectivity index (χ0) is 13.1. The molecule has 3 heteroatoms. The molecule has 0 unspecified atom stereocenters. The van der Waals surface area contributed by atoms with Gasteiger partial charge in [0.1, 0.15) is 5.82 Å². The van der Waals surface area contributed by atoms with Crippen molar-refractivity contribution in [3.05, 3.63) is 29.6 Å². The summed E-state index contributed by atoms with van der Waals surface area (Å²) in [7, 11) is 0. The second-order valence-corrected chi connectivity index (χ2v) is 6.94. The Hall–Kier alpha value is -0.540. The maximum Gasteiger partial charge on any atom is 0.137 e. The van der Waals surface area contributed by atoms with Gasteiger partial charge in [0.2, 0.25) is 0 Å². The Balaban J connectivity index is 1.52. The van der Waals surface area contributed by atoms with Crippen molar-refractivity contribution >= 4 is 11.8 Å². The summed E-state index contributed by atoms with van der Waals surface area (Å²) in [6.45, 7) is 0.801. The van der Waals surface area contributed by atoms with E-state index >= 15 is 0 Å². The maximum atomic E-state index is 14.0. The zero-order valence-corrected chi connectivity index (χ0v) is 12.1. The topological polar surface area (TPSA) is 12.0 Å². The summed E-state index contributed by atoms with van der Waals surface area (Å²) in [5, 5.41) is 3.42. The summed E-state index contributed by atoms with van der Waals surface area (Å²) in [4.78, 5) is 0.821. The Kier molecular flexibility index (Phi) is 4.44. The van der Waals surface area contributed by atoms with Gasteiger partial charge in [0.25, 0.3) is 0 Å². The molecule has 2 fully saturated rings. The molecular formula is C16H22FNS. The van der Waals surface area contributed by atoms with E-state index in [-0.39, 0.29) is 5.82 Å². The number of halogens is 1. The molecule has 0 saturated heterocycles. The van der Waals surface area contributed by atoms with Gasteiger partial charge in [-0.2, -0.15) is 0 Å². The number of hydrogen-bond donors (Lipinski definition) is 1. The first-order chi connectivity index (χ1) is 9.31. The van der Waals surface area contributed by atoms with E-state index in [4.69, 9.17) is 0 Å². The number of nitrogens with one attached hydrogen (secondary N) is 1. The first-order valence-electron chi connectivity index (χ1n) is 7.46. The van der Waals surface area contributed by atoms with Crippen LogP contribution in [0.3, 0.4) is 0 Å². The number of benzene rings is 1. The Bertz CT molecular complexity index is 425. The highest BCUT2D eigenvalue weighted by atomic mass is 32.2. The molecule has 0 spiro atoms. The van der Waals surface area contributed by atoms with Gasteiger partial charge in [-0.25, -0.2) is 4.39 Å². The zero-order valence-electron chi connectivity index (χ0n) is 11.3. The Morgan fingerprint density at radius 2 is 1.95 bits per heavy atom. The first kappa shape index (κ1) is 13.4. The molecule has 1 N–H and O–H groups in total. The van der Waals surface area contributed by atoms with Crippen molar-refractivity contribution in [3.8, 4) is 0 Å². The monoisotopic (exact) mass is 279 g/mol. The van der Waals surface area contributed by atoms with Crippen molar-refractivity contribution in [1.29, 1.82) is 0 Å². The Morgan fingerprint density at radius 3 is 2.63 bits per heavy atom. The molecule has 2 aliphatic carbocycles. The minimum Gasteiger partial charge on any atom is -0.310 e. The predicted octanol–water partition coefficient (Wildman–Crippen LogP) is 4.36. The maximum absolute atomic E-state index is 14.0. The van der Waals surface area contributed by atoms with Crippen LogP contribution in [0.25, 0.3) is 0 Å². The van der Waals surface area contributed by atoms with Gasteiger partial charge in [0.15, 0.2) is 0 Å². The Labute approximate surface area is 119 Å². The number of hydrogen-bond acceptors (Lipinski definition) is 2. The minimum absolute atomic E-state index is 0.0434. The first-order valence-corrected chi connectivity index (χ1v) is 8.44. The molecule has 0 bridgehead atoms. The van der Waals surface area contributed by atoms with Gasteiger partial charge in [-0.05, 0) is 49.3 Å². The molecule has 0 atom stereocenters. The van der Waals surface area contributed by atoms with Gasteiger partial charge in [-0.1, -0.05) is 18.9 Å². The van der Waals surface area contributed by atoms with E-state index in [1.807, 2.05) is 6.07 Å². The van der Waals surface area contributed by atoms with E-state index in [2.05, 4.69) is 11.4 Å². The van der Waals surface area contributed by atoms with Gasteiger partial charge in [0, 0.05) is 23.2 Å². The van der Waals surface area contributed by atoms with E-state index in [1.165, 1.54) is 38.5 Å². The normalized spacial score (nSPS) is 20.1. The third-order valence-electron chi connectivity index (χ3n) is 4.12. The third-order valence-corrected chi connectivity index (χ3v) is 5.40. The number of rotatable bonds is 6. The molecule has 19 heavy (non-hydrogen) atoms. The Morgan fingerprint density at radius 1 is 1.16 bits per heavy atom. The standard InChI is InChI=1S/C16H22FNS/c17-15-9-13(10-18-14-6-7-14)5-8-16(15)19-11-12-3-1-2-4-12/h5,8-9,12,14,18H,1-4,6-7,10-11H2. The van der Waals surface area contributed by atoms with Crippen molar-refractivity contribution < 1.29 is 4.39 Å². The second-order valence-electron chi connectivity index (χ2n) is 5.88. The quantitative estimate of drug-likeness (QED) is 0.776. The van der Waals surface area contributed by atoms with Gasteiger partial charge in [-0.3, -0.25) is 0 Å². The fraction of sp³-hybridized carbons (Fsp3) is 0.625. The van der Waals surface area contributed by atoms with Gasteiger partial charge >= 0.3 is 0 Å². The minimum atomic E-state index is -0.0434. The van der Waals surface area contributed by atoms with Crippen LogP contribution < -0.4 is 5.32 Å². The van der Waals surface area contributed by atoms with Crippen LogP contribution in [0.5, 0.6) is 0 Å². The molecule has 0 aliphatic heterocycles. The van der Waals surface area contributed by atoms with E-state index in [9.17, 15) is 4.39 Å². The van der Waals surface area contributed by atoms with E-state index in [0.29, 0.717) is 6.04 Å². The lowest BCUT2D eigenvalue weighted by atomic mass is 10.1. The highest BCUT2D eigenvalue weighted by Gasteiger charge is 2.20. The van der Waals surface area contributed by atoms with Crippen molar-refractivity contribution in [1.82, 2.24) is 5.32 Å². The van der Waals surface area contributed by atoms with Crippen molar-refractivity contribution in [2.45, 2.75) is 56.0 Å². The summed E-state index contributed by atoms with van der Waals surface area (Å²) in [6, 6.07) is 6.40. The fourth-order valence-corrected chi connectivity index (χ4v) is 3.82. The van der Waals surface area contributed by atoms with Crippen LogP contribution in [0.2, 0.25) is 0 Å². The predicted molar refractivity (Wildman–Crippen MR) is 78.9 cm³/mol. The third kappa shape index (κ3) is 3.96. The average molecular weight is 279 g/mol. The van der Waals surface area contributed by atoms with Gasteiger partial charge < -0.3 is 5.32 Å². The lowest BCUT2D eigenvalue weighted by Gasteiger charge is -2.10. The van der Waals surface area contributed by atoms with Crippen molar-refractivity contribution in [2.24, 2.45) is 5.92 Å². The van der Waals surface area contributed by atoms with Crippen LogP contribution in [0.4, 0.5) is 4.39 Å². The summed E-state index contributed by atoms with van der Waals surface area (Å²) >= 11 is 1.69. The van der Waals surface area contributed by atoms with Crippen LogP contribution in [-0.4, -0.2) is 11.8 Å². The smallest absolute Gasteiger partial charge is 0.137 e. The molecule has 0 amide bonds. The fourth-order valence-electron chi connectivity index (χ4n) is 2.71. The largest absolute Gasteiger partial charge is 0.310 e. The molecule has 2 saturated carbocycles. The van der Waals surface area contributed by atoms with Gasteiger partial charge in [-0.15, -0.1) is 11.8 Å². The van der Waals surface area contributed by atoms with E-state index in [1.54, 1.807) is 17.8 Å². The second kappa shape index (κ2) is 6.27. The van der Waals surface area contributed by atoms with Gasteiger partial charge in [0.05, 0.1) is 0 Å². The summed E-state index contributed by atoms with van der Waals surface area (Å²) in [6.07, 6.45) is 7.94. The average Bonchev–Trinajstić information content (AvgIpc) is 3.10. The van der Waals surface area contributed by atoms with Crippen molar-refractivity contribution in [3.63, 3.8) is 0 Å². The molecule has 104 valence electrons. The molecule has 1 nitrogen and oxygen atoms in total. The number of thioether (sulfide) groups is 1. The molecule has 2 aliphatic rings. The van der Waals surface area contributed by atoms with E-state index in [0.717, 1.165) is 28.7 Å². The van der Waals surface area contributed by atoms with Crippen LogP contribution >= 0.6 is 11.8 Å². The molecule has 0 aromatic heterocycles. The molecule has 1 aromatic rings. The van der Waals surface area contributed by atoms with Crippen LogP contribution in [0, 0.1) is 11.7 Å². The molecular weight excluding hydrogens is 257 g/mol. The van der Waals surface area contributed by atoms with Crippen LogP contribution in [0.1, 0.15) is 44.1 Å². The summed E-state index contributed by atoms with van der Waals surface area (Å²) in [5.74, 6) is 1.84. The SMILES string of the molecule is Fc1cc(CNC2CC2)ccc1SCC1CCCC1. The molecule has 0 radical (unpaired) electrons. The van der Waals surface area contributed by atoms with Crippen LogP contribution in [0.15, 0.2) is 23.1 Å². The van der Waals surface area contributed by atoms with Crippen LogP contribution in [-0.2, 0) is 6.54 Å². The molecule has 3 rings (SSSR count). The molecule has 0 heterocycles. The highest BCUT2D eigenvalue weighted by Crippen LogP contribution is 2.32. The molecule has 1 aromatic carbocycles. The summed E-state index contributed by atoms with van der Waals surface area (Å²) < 4.78 is 14.0. The highest BCUT2D eigenvalue weighted by molar-refractivity contribution is 7.99. The lowest BCUT2D eigenvalue weighted by molar-refractivity contribution is 0.592.